The number of hydrogen-bond donors (Lipinski definition) is 0. The molecule has 0 aliphatic carbocycles. The summed E-state index contributed by atoms with van der Waals surface area (Å²) < 4.78 is 26.1. The van der Waals surface area contributed by atoms with Crippen molar-refractivity contribution in [3.8, 4) is 0 Å². The second-order valence-electron chi connectivity index (χ2n) is 7.85. The van der Waals surface area contributed by atoms with Crippen molar-refractivity contribution in [1.29, 1.82) is 0 Å². The summed E-state index contributed by atoms with van der Waals surface area (Å²) in [5.74, 6) is -0.118. The number of hydrogen-bond acceptors (Lipinski definition) is 4. The Hall–Kier alpha value is -1.89. The Morgan fingerprint density at radius 1 is 1.21 bits per heavy atom. The quantitative estimate of drug-likeness (QED) is 0.710. The standard InChI is InChI=1S/C23H26FNO3S/c1-15-14-23(27-3,8-9-28-15)17-11-18(24)13-20(12-17)29-19-5-6-21-16(10-19)4-7-22(26)25(21)2/h5-6,10-13,15H,4,7-9,14H2,1-3H3/t15-,23?/m1/s1. The van der Waals surface area contributed by atoms with Gasteiger partial charge < -0.3 is 14.4 Å². The Labute approximate surface area is 175 Å². The summed E-state index contributed by atoms with van der Waals surface area (Å²) in [6.07, 6.45) is 2.75. The number of aryl methyl sites for hydroxylation is 1. The molecular weight excluding hydrogens is 389 g/mol. The van der Waals surface area contributed by atoms with Crippen LogP contribution in [-0.4, -0.2) is 32.8 Å². The topological polar surface area (TPSA) is 38.8 Å². The maximum atomic E-state index is 14.5. The monoisotopic (exact) mass is 415 g/mol. The number of fused-ring (bicyclic) bond motifs is 1. The molecule has 4 rings (SSSR count). The number of nitrogens with zero attached hydrogens (tertiary/aromatic N) is 1. The number of benzene rings is 2. The van der Waals surface area contributed by atoms with Gasteiger partial charge in [-0.2, -0.15) is 0 Å². The maximum Gasteiger partial charge on any atom is 0.227 e. The molecule has 1 unspecified atom stereocenters. The molecule has 29 heavy (non-hydrogen) atoms. The molecule has 0 bridgehead atoms. The molecule has 2 heterocycles. The lowest BCUT2D eigenvalue weighted by Crippen LogP contribution is -2.39. The fourth-order valence-corrected chi connectivity index (χ4v) is 5.30. The molecule has 1 fully saturated rings. The van der Waals surface area contributed by atoms with Gasteiger partial charge in [0.2, 0.25) is 5.91 Å². The van der Waals surface area contributed by atoms with Crippen LogP contribution in [0, 0.1) is 5.82 Å². The molecule has 2 aromatic carbocycles. The van der Waals surface area contributed by atoms with Crippen LogP contribution in [0.5, 0.6) is 0 Å². The van der Waals surface area contributed by atoms with Gasteiger partial charge in [-0.05, 0) is 60.9 Å². The largest absolute Gasteiger partial charge is 0.378 e. The highest BCUT2D eigenvalue weighted by molar-refractivity contribution is 7.99. The fourth-order valence-electron chi connectivity index (χ4n) is 4.33. The first kappa shape index (κ1) is 20.4. The van der Waals surface area contributed by atoms with E-state index in [0.717, 1.165) is 33.0 Å². The van der Waals surface area contributed by atoms with E-state index < -0.39 is 5.60 Å². The van der Waals surface area contributed by atoms with Crippen LogP contribution in [0.3, 0.4) is 0 Å². The number of anilines is 1. The van der Waals surface area contributed by atoms with Gasteiger partial charge in [0, 0.05) is 48.9 Å². The number of methoxy groups -OCH3 is 1. The average molecular weight is 416 g/mol. The Morgan fingerprint density at radius 2 is 2.03 bits per heavy atom. The van der Waals surface area contributed by atoms with Crippen LogP contribution < -0.4 is 4.90 Å². The van der Waals surface area contributed by atoms with Gasteiger partial charge in [0.15, 0.2) is 0 Å². The van der Waals surface area contributed by atoms with Crippen molar-refractivity contribution in [2.45, 2.75) is 54.1 Å². The zero-order chi connectivity index (χ0) is 20.6. The van der Waals surface area contributed by atoms with Gasteiger partial charge in [-0.25, -0.2) is 4.39 Å². The first-order chi connectivity index (χ1) is 13.9. The van der Waals surface area contributed by atoms with E-state index in [1.165, 1.54) is 11.8 Å². The zero-order valence-corrected chi connectivity index (χ0v) is 17.9. The lowest BCUT2D eigenvalue weighted by molar-refractivity contribution is -0.122. The lowest BCUT2D eigenvalue weighted by atomic mass is 9.83. The van der Waals surface area contributed by atoms with E-state index in [1.54, 1.807) is 24.1 Å². The third-order valence-electron chi connectivity index (χ3n) is 5.94. The molecule has 154 valence electrons. The Morgan fingerprint density at radius 3 is 2.79 bits per heavy atom. The van der Waals surface area contributed by atoms with E-state index in [1.807, 2.05) is 32.2 Å². The summed E-state index contributed by atoms with van der Waals surface area (Å²) in [5.41, 5.74) is 2.45. The SMILES string of the molecule is COC1(c2cc(F)cc(Sc3ccc4c(c3)CCC(=O)N4C)c2)CCO[C@H](C)C1. The van der Waals surface area contributed by atoms with Crippen LogP contribution in [0.1, 0.15) is 37.3 Å². The highest BCUT2D eigenvalue weighted by Crippen LogP contribution is 2.41. The minimum absolute atomic E-state index is 0.0726. The number of halogens is 1. The molecule has 0 aromatic heterocycles. The third kappa shape index (κ3) is 4.06. The molecule has 2 aromatic rings. The van der Waals surface area contributed by atoms with Crippen molar-refractivity contribution in [1.82, 2.24) is 0 Å². The van der Waals surface area contributed by atoms with Gasteiger partial charge in [0.05, 0.1) is 18.3 Å². The molecular formula is C23H26FNO3S. The summed E-state index contributed by atoms with van der Waals surface area (Å²) in [6, 6.07) is 11.3. The normalized spacial score (nSPS) is 24.5. The summed E-state index contributed by atoms with van der Waals surface area (Å²) in [4.78, 5) is 15.5. The average Bonchev–Trinajstić information content (AvgIpc) is 2.70. The van der Waals surface area contributed by atoms with Gasteiger partial charge in [-0.3, -0.25) is 4.79 Å². The smallest absolute Gasteiger partial charge is 0.227 e. The van der Waals surface area contributed by atoms with E-state index in [9.17, 15) is 9.18 Å². The van der Waals surface area contributed by atoms with Crippen molar-refractivity contribution >= 4 is 23.4 Å². The van der Waals surface area contributed by atoms with Crippen molar-refractivity contribution in [2.75, 3.05) is 25.7 Å². The number of amides is 1. The minimum atomic E-state index is -0.520. The van der Waals surface area contributed by atoms with Crippen LogP contribution in [0.2, 0.25) is 0 Å². The summed E-state index contributed by atoms with van der Waals surface area (Å²) in [7, 11) is 3.50. The molecule has 0 N–H and O–H groups in total. The highest BCUT2D eigenvalue weighted by Gasteiger charge is 2.38. The zero-order valence-electron chi connectivity index (χ0n) is 17.0. The Balaban J connectivity index is 1.63. The van der Waals surface area contributed by atoms with Gasteiger partial charge >= 0.3 is 0 Å². The van der Waals surface area contributed by atoms with Crippen LogP contribution >= 0.6 is 11.8 Å². The predicted octanol–water partition coefficient (Wildman–Crippen LogP) is 4.93. The van der Waals surface area contributed by atoms with E-state index in [2.05, 4.69) is 6.07 Å². The molecule has 1 amide bonds. The van der Waals surface area contributed by atoms with Gasteiger partial charge in [-0.1, -0.05) is 11.8 Å². The van der Waals surface area contributed by atoms with Crippen LogP contribution in [0.25, 0.3) is 0 Å². The molecule has 2 atom stereocenters. The van der Waals surface area contributed by atoms with Crippen molar-refractivity contribution in [3.63, 3.8) is 0 Å². The molecule has 0 saturated carbocycles. The second kappa shape index (κ2) is 8.09. The fraction of sp³-hybridized carbons (Fsp3) is 0.435. The maximum absolute atomic E-state index is 14.5. The van der Waals surface area contributed by atoms with Gasteiger partial charge in [0.1, 0.15) is 5.82 Å². The number of ether oxygens (including phenoxy) is 2. The van der Waals surface area contributed by atoms with Gasteiger partial charge in [0.25, 0.3) is 0 Å². The van der Waals surface area contributed by atoms with E-state index in [4.69, 9.17) is 9.47 Å². The first-order valence-electron chi connectivity index (χ1n) is 9.95. The second-order valence-corrected chi connectivity index (χ2v) is 9.00. The molecule has 1 saturated heterocycles. The molecule has 6 heteroatoms. The molecule has 4 nitrogen and oxygen atoms in total. The summed E-state index contributed by atoms with van der Waals surface area (Å²) in [5, 5.41) is 0. The van der Waals surface area contributed by atoms with Gasteiger partial charge in [-0.15, -0.1) is 0 Å². The van der Waals surface area contributed by atoms with E-state index in [-0.39, 0.29) is 17.8 Å². The Kier molecular flexibility index (Phi) is 5.69. The van der Waals surface area contributed by atoms with Crippen LogP contribution in [0.4, 0.5) is 10.1 Å². The Bertz CT molecular complexity index is 934. The number of carbonyl (C=O) groups excluding carboxylic acids is 1. The highest BCUT2D eigenvalue weighted by atomic mass is 32.2. The first-order valence-corrected chi connectivity index (χ1v) is 10.8. The van der Waals surface area contributed by atoms with E-state index >= 15 is 0 Å². The molecule has 0 spiro atoms. The van der Waals surface area contributed by atoms with Crippen molar-refractivity contribution in [2.24, 2.45) is 0 Å². The minimum Gasteiger partial charge on any atom is -0.378 e. The number of carbonyl (C=O) groups is 1. The summed E-state index contributed by atoms with van der Waals surface area (Å²) >= 11 is 1.53. The lowest BCUT2D eigenvalue weighted by Gasteiger charge is -2.39. The predicted molar refractivity (Wildman–Crippen MR) is 112 cm³/mol. The van der Waals surface area contributed by atoms with Crippen molar-refractivity contribution < 1.29 is 18.7 Å². The summed E-state index contributed by atoms with van der Waals surface area (Å²) in [6.45, 7) is 2.63. The number of rotatable bonds is 4. The van der Waals surface area contributed by atoms with Crippen LogP contribution in [0.15, 0.2) is 46.2 Å². The van der Waals surface area contributed by atoms with Crippen molar-refractivity contribution in [3.05, 3.63) is 53.3 Å². The third-order valence-corrected chi connectivity index (χ3v) is 6.90. The molecule has 2 aliphatic heterocycles. The van der Waals surface area contributed by atoms with E-state index in [0.29, 0.717) is 25.9 Å². The molecule has 0 radical (unpaired) electrons. The van der Waals surface area contributed by atoms with Crippen LogP contribution in [-0.2, 0) is 26.3 Å². The molecule has 2 aliphatic rings.